The molecule has 0 radical (unpaired) electrons. The van der Waals surface area contributed by atoms with Gasteiger partial charge in [-0.05, 0) is 61.5 Å². The van der Waals surface area contributed by atoms with Crippen molar-refractivity contribution in [3.05, 3.63) is 94.6 Å². The number of rotatable bonds is 57. The average molecular weight is 1790 g/mol. The third-order valence-corrected chi connectivity index (χ3v) is 20.8. The molecule has 0 bridgehead atoms. The number of amides is 12. The summed E-state index contributed by atoms with van der Waals surface area (Å²) in [6.45, 7) is 14.4. The molecule has 658 valence electrons. The van der Waals surface area contributed by atoms with Gasteiger partial charge in [0, 0.05) is 78.1 Å². The number of alkyl halides is 2. The van der Waals surface area contributed by atoms with Crippen molar-refractivity contribution in [3.63, 3.8) is 0 Å². The molecule has 0 spiro atoms. The highest BCUT2D eigenvalue weighted by Gasteiger charge is 2.44. The number of likely N-dealkylation sites (tertiary alicyclic amines) is 1. The summed E-state index contributed by atoms with van der Waals surface area (Å²) in [6.07, 6.45) is 0.199. The van der Waals surface area contributed by atoms with E-state index in [9.17, 15) is 72.5 Å². The zero-order chi connectivity index (χ0) is 87.4. The van der Waals surface area contributed by atoms with Crippen molar-refractivity contribution in [2.45, 2.75) is 172 Å². The normalized spacial score (nSPS) is 15.2. The number of carboxylic acid groups (broad SMARTS) is 1. The molecular formula is C80H122Br2N14O22. The molecule has 1 aliphatic heterocycles. The van der Waals surface area contributed by atoms with Crippen LogP contribution in [-0.2, 0) is 103 Å². The Morgan fingerprint density at radius 3 is 1.72 bits per heavy atom. The number of likely N-dealkylation sites (N-methyl/N-ethyl adjacent to an activating group) is 2. The number of methoxy groups -OCH3 is 2. The molecule has 38 heteroatoms. The Morgan fingerprint density at radius 2 is 1.14 bits per heavy atom. The van der Waals surface area contributed by atoms with E-state index in [1.807, 2.05) is 32.0 Å². The highest BCUT2D eigenvalue weighted by Crippen LogP contribution is 2.31. The molecule has 1 aromatic heterocycles. The van der Waals surface area contributed by atoms with Crippen LogP contribution in [0.5, 0.6) is 0 Å². The molecule has 118 heavy (non-hydrogen) atoms. The van der Waals surface area contributed by atoms with Gasteiger partial charge in [-0.15, -0.1) is 0 Å². The molecular weight excluding hydrogens is 1670 g/mol. The van der Waals surface area contributed by atoms with Gasteiger partial charge in [0.15, 0.2) is 11.4 Å². The second-order valence-corrected chi connectivity index (χ2v) is 30.3. The van der Waals surface area contributed by atoms with E-state index in [0.717, 1.165) is 0 Å². The van der Waals surface area contributed by atoms with E-state index >= 15 is 0 Å². The summed E-state index contributed by atoms with van der Waals surface area (Å²) in [5.74, 6) is -10.1. The summed E-state index contributed by atoms with van der Waals surface area (Å²) >= 11 is 6.47. The Kier molecular flexibility index (Phi) is 47.5. The Balaban J connectivity index is 1.12. The maximum atomic E-state index is 14.8. The number of nitrogens with zero attached hydrogens (tertiary/aromatic N) is 5. The van der Waals surface area contributed by atoms with Crippen LogP contribution in [0, 0.1) is 23.7 Å². The van der Waals surface area contributed by atoms with E-state index in [4.69, 9.17) is 33.2 Å². The molecule has 0 saturated carbocycles. The summed E-state index contributed by atoms with van der Waals surface area (Å²) in [5, 5.41) is 44.2. The maximum Gasteiger partial charge on any atom is 0.356 e. The van der Waals surface area contributed by atoms with Crippen molar-refractivity contribution in [2.24, 2.45) is 23.7 Å². The fourth-order valence-corrected chi connectivity index (χ4v) is 14.0. The van der Waals surface area contributed by atoms with E-state index in [0.29, 0.717) is 94.2 Å². The van der Waals surface area contributed by atoms with E-state index < -0.39 is 188 Å². The summed E-state index contributed by atoms with van der Waals surface area (Å²) in [4.78, 5) is 185. The number of aromatic nitrogens is 2. The van der Waals surface area contributed by atoms with Crippen LogP contribution < -0.4 is 47.9 Å². The molecule has 3 aromatic rings. The fraction of sp³-hybridized carbons (Fsp3) is 0.637. The van der Waals surface area contributed by atoms with Gasteiger partial charge in [0.1, 0.15) is 31.5 Å². The van der Waals surface area contributed by atoms with E-state index in [2.05, 4.69) is 89.7 Å². The largest absolute Gasteiger partial charge is 0.476 e. The van der Waals surface area contributed by atoms with E-state index in [-0.39, 0.29) is 74.0 Å². The minimum Gasteiger partial charge on any atom is -0.476 e. The van der Waals surface area contributed by atoms with Gasteiger partial charge < -0.3 is 106 Å². The summed E-state index contributed by atoms with van der Waals surface area (Å²) in [6, 6.07) is 12.6. The van der Waals surface area contributed by atoms with Gasteiger partial charge in [0.05, 0.1) is 126 Å². The van der Waals surface area contributed by atoms with Gasteiger partial charge in [0.2, 0.25) is 65.0 Å². The predicted octanol–water partition coefficient (Wildman–Crippen LogP) is 2.00. The van der Waals surface area contributed by atoms with Gasteiger partial charge in [-0.1, -0.05) is 147 Å². The lowest BCUT2D eigenvalue weighted by atomic mass is 9.89. The van der Waals surface area contributed by atoms with Crippen molar-refractivity contribution < 1.29 is 106 Å². The van der Waals surface area contributed by atoms with Crippen LogP contribution in [0.1, 0.15) is 150 Å². The first-order valence-electron chi connectivity index (χ1n) is 39.6. The van der Waals surface area contributed by atoms with E-state index in [1.165, 1.54) is 31.1 Å². The van der Waals surface area contributed by atoms with Crippen LogP contribution in [0.25, 0.3) is 0 Å². The quantitative estimate of drug-likeness (QED) is 0.0219. The maximum absolute atomic E-state index is 14.8. The minimum absolute atomic E-state index is 0.00918. The van der Waals surface area contributed by atoms with Gasteiger partial charge in [0.25, 0.3) is 5.91 Å². The van der Waals surface area contributed by atoms with Crippen molar-refractivity contribution in [1.82, 2.24) is 72.5 Å². The zero-order valence-corrected chi connectivity index (χ0v) is 72.9. The third-order valence-electron chi connectivity index (χ3n) is 19.8. The molecule has 11 N–H and O–H groups in total. The number of carbonyl (C=O) groups is 13. The monoisotopic (exact) mass is 1790 g/mol. The molecule has 2 aromatic carbocycles. The Labute approximate surface area is 707 Å². The van der Waals surface area contributed by atoms with E-state index in [1.54, 1.807) is 96.0 Å². The SMILES string of the molecule is CC[C@H](C)[C@@H]([C@@H](CC(=O)N1CCC[C@H]1[C@H](OC)[C@@H](C)C(=O)N[C@H](C)[C@@H](O)c1ccccc1)OC)N(C)C(=O)[C@@H](NC(=O)[C@H](C(C)C)N(C)C(=O)COCNC(=O)CNC(=O)[C@H](Cc1ccccc1)NC(=O)CNC(=O)CNC(=O)CCCOCCOCCOCCOCCCNC(=O)CNC(=O)c1nc(CBr)c(CBr)nc1C(=O)O)C(C)C. The van der Waals surface area contributed by atoms with Crippen molar-refractivity contribution in [2.75, 3.05) is 134 Å². The van der Waals surface area contributed by atoms with Crippen LogP contribution in [0.4, 0.5) is 0 Å². The molecule has 0 unspecified atom stereocenters. The number of hydrogen-bond donors (Lipinski definition) is 11. The fourth-order valence-electron chi connectivity index (χ4n) is 13.1. The van der Waals surface area contributed by atoms with Crippen molar-refractivity contribution in [3.8, 4) is 0 Å². The lowest BCUT2D eigenvalue weighted by Gasteiger charge is -2.41. The topological polar surface area (TPSA) is 471 Å². The minimum atomic E-state index is -1.43. The van der Waals surface area contributed by atoms with Gasteiger partial charge >= 0.3 is 5.97 Å². The number of halogens is 2. The molecule has 2 heterocycles. The van der Waals surface area contributed by atoms with Gasteiger partial charge in [-0.25, -0.2) is 14.8 Å². The summed E-state index contributed by atoms with van der Waals surface area (Å²) < 4.78 is 39.6. The summed E-state index contributed by atoms with van der Waals surface area (Å²) in [5.41, 5.74) is 1.15. The molecule has 4 rings (SSSR count). The molecule has 11 atom stereocenters. The molecule has 36 nitrogen and oxygen atoms in total. The lowest BCUT2D eigenvalue weighted by molar-refractivity contribution is -0.149. The Morgan fingerprint density at radius 1 is 0.593 bits per heavy atom. The van der Waals surface area contributed by atoms with Gasteiger partial charge in [-0.2, -0.15) is 0 Å². The van der Waals surface area contributed by atoms with Crippen LogP contribution in [0.2, 0.25) is 0 Å². The first kappa shape index (κ1) is 102. The number of aliphatic hydroxyl groups is 1. The third kappa shape index (κ3) is 34.9. The molecule has 0 aliphatic carbocycles. The van der Waals surface area contributed by atoms with Crippen LogP contribution in [-0.4, -0.2) is 294 Å². The first-order chi connectivity index (χ1) is 56.3. The molecule has 1 aliphatic rings. The molecule has 1 fully saturated rings. The van der Waals surface area contributed by atoms with Gasteiger partial charge in [-0.3, -0.25) is 57.5 Å². The van der Waals surface area contributed by atoms with Crippen molar-refractivity contribution in [1.29, 1.82) is 0 Å². The first-order valence-corrected chi connectivity index (χ1v) is 41.9. The predicted molar refractivity (Wildman–Crippen MR) is 440 cm³/mol. The number of aliphatic hydroxyl groups excluding tert-OH is 1. The van der Waals surface area contributed by atoms with Crippen molar-refractivity contribution >= 4 is 109 Å². The zero-order valence-electron chi connectivity index (χ0n) is 69.7. The number of ether oxygens (including phenoxy) is 7. The average Bonchev–Trinajstić information content (AvgIpc) is 1.34. The highest BCUT2D eigenvalue weighted by atomic mass is 79.9. The van der Waals surface area contributed by atoms with Crippen LogP contribution in [0.15, 0.2) is 60.7 Å². The highest BCUT2D eigenvalue weighted by molar-refractivity contribution is 9.09. The smallest absolute Gasteiger partial charge is 0.356 e. The number of carboxylic acids is 1. The standard InChI is InChI=1S/C80H122Br2N14O22/c1-13-51(6)72(60(112-11)40-66(102)96-30-20-27-59(96)74(113-12)52(7)75(105)89-53(8)73(104)55-25-18-15-19-26-55)95(10)79(109)68(49(2)3)93-78(108)71(50(4)5)94(9)67(103)47-118-48-88-64(100)45-86-76(106)56(39-54-23-16-14-17-24-54)90-65(101)46-85-63(99)43-84-61(97)28-21-31-114-33-35-116-37-38-117-36-34-115-32-22-29-83-62(98)44-87-77(107)69-70(80(110)111)92-58(42-82)57(41-81)91-69/h14-19,23-26,49-53,56,59-60,68,71-74,104H,13,20-22,27-48H2,1-12H3,(H,83,98)(H,84,97)(H,85,99)(H,86,106)(H,87,107)(H,88,100)(H,89,105)(H,90,101)(H,93,108)(H,110,111)/t51-,52+,53+,56-,59-,60+,68-,71-,72-,73+,74+/m0/s1. The molecule has 12 amide bonds. The van der Waals surface area contributed by atoms with Crippen LogP contribution in [0.3, 0.4) is 0 Å². The Hall–Kier alpha value is -8.73. The van der Waals surface area contributed by atoms with Crippen LogP contribution >= 0.6 is 31.9 Å². The second kappa shape index (κ2) is 55.2. The second-order valence-electron chi connectivity index (χ2n) is 29.2. The Bertz CT molecular complexity index is 3690. The number of aromatic carboxylic acids is 1. The number of nitrogens with one attached hydrogen (secondary N) is 9. The molecule has 1 saturated heterocycles. The number of hydrogen-bond acceptors (Lipinski definition) is 23. The lowest BCUT2D eigenvalue weighted by Crippen LogP contribution is -2.60. The summed E-state index contributed by atoms with van der Waals surface area (Å²) in [7, 11) is 6.03. The number of benzene rings is 2. The number of carbonyl (C=O) groups excluding carboxylic acids is 12.